The standard InChI is InChI=1S/C28H32F3N7O/c1-18-5-4-8-36(13-18)14-19-9-23(28(29,30)31)24-16-37(27(39)38(24)15-19)22-7-3-6-20(10-22)25(21-11-32-12-21)26-34-33-17-35(26)2/h3,6-7,9-10,15-18,21,25,32H,4-5,8,11-14H2,1-2H3/t18-,25-/m0/s1. The molecule has 1 aromatic carbocycles. The molecule has 39 heavy (non-hydrogen) atoms. The number of likely N-dealkylation sites (tertiary alicyclic amines) is 1. The zero-order valence-corrected chi connectivity index (χ0v) is 22.0. The predicted octanol–water partition coefficient (Wildman–Crippen LogP) is 3.82. The maximum Gasteiger partial charge on any atom is 0.418 e. The van der Waals surface area contributed by atoms with Gasteiger partial charge in [-0.3, -0.25) is 13.9 Å². The van der Waals surface area contributed by atoms with Crippen LogP contribution in [0.3, 0.4) is 0 Å². The van der Waals surface area contributed by atoms with Gasteiger partial charge >= 0.3 is 11.9 Å². The maximum absolute atomic E-state index is 14.2. The second-order valence-electron chi connectivity index (χ2n) is 11.1. The largest absolute Gasteiger partial charge is 0.418 e. The summed E-state index contributed by atoms with van der Waals surface area (Å²) in [7, 11) is 1.89. The first kappa shape index (κ1) is 25.8. The average molecular weight is 540 g/mol. The van der Waals surface area contributed by atoms with Crippen molar-refractivity contribution < 1.29 is 13.2 Å². The number of benzene rings is 1. The Labute approximate surface area is 224 Å². The van der Waals surface area contributed by atoms with E-state index in [2.05, 4.69) is 27.3 Å². The summed E-state index contributed by atoms with van der Waals surface area (Å²) in [6, 6.07) is 8.63. The lowest BCUT2D eigenvalue weighted by Crippen LogP contribution is -2.46. The summed E-state index contributed by atoms with van der Waals surface area (Å²) in [6.07, 6.45) is 2.08. The lowest BCUT2D eigenvalue weighted by Gasteiger charge is -2.34. The highest BCUT2D eigenvalue weighted by Crippen LogP contribution is 2.35. The summed E-state index contributed by atoms with van der Waals surface area (Å²) in [6.45, 7) is 5.87. The normalized spacial score (nSPS) is 19.9. The molecular formula is C28H32F3N7O. The van der Waals surface area contributed by atoms with Gasteiger partial charge in [0.2, 0.25) is 0 Å². The fourth-order valence-corrected chi connectivity index (χ4v) is 6.05. The maximum atomic E-state index is 14.2. The molecule has 11 heteroatoms. The van der Waals surface area contributed by atoms with Crippen LogP contribution in [0.25, 0.3) is 11.2 Å². The van der Waals surface area contributed by atoms with E-state index in [1.54, 1.807) is 18.6 Å². The van der Waals surface area contributed by atoms with E-state index < -0.39 is 17.4 Å². The van der Waals surface area contributed by atoms with Gasteiger partial charge in [0.1, 0.15) is 12.2 Å². The summed E-state index contributed by atoms with van der Waals surface area (Å²) in [5, 5.41) is 11.7. The summed E-state index contributed by atoms with van der Waals surface area (Å²) in [4.78, 5) is 15.7. The van der Waals surface area contributed by atoms with Gasteiger partial charge in [0.25, 0.3) is 0 Å². The Morgan fingerprint density at radius 3 is 2.67 bits per heavy atom. The fourth-order valence-electron chi connectivity index (χ4n) is 6.05. The SMILES string of the molecule is C[C@H]1CCCN(Cc2cc(C(F)(F)F)c3cn(-c4cccc([C@H](c5nncn5C)C5CNC5)c4)c(=O)n3c2)C1. The number of aryl methyl sites for hydroxylation is 1. The minimum Gasteiger partial charge on any atom is -0.320 e. The van der Waals surface area contributed by atoms with E-state index >= 15 is 0 Å². The molecule has 0 radical (unpaired) electrons. The van der Waals surface area contributed by atoms with Crippen LogP contribution in [0, 0.1) is 11.8 Å². The number of nitrogens with zero attached hydrogens (tertiary/aromatic N) is 6. The molecule has 0 amide bonds. The molecule has 2 atom stereocenters. The number of rotatable bonds is 6. The molecule has 1 N–H and O–H groups in total. The van der Waals surface area contributed by atoms with Crippen molar-refractivity contribution in [2.75, 3.05) is 26.2 Å². The molecule has 2 aliphatic rings. The van der Waals surface area contributed by atoms with Gasteiger partial charge in [-0.05, 0) is 60.5 Å². The molecule has 0 aliphatic carbocycles. The van der Waals surface area contributed by atoms with E-state index in [0.717, 1.165) is 54.8 Å². The number of pyridine rings is 1. The Kier molecular flexibility index (Phi) is 6.58. The molecule has 2 aliphatic heterocycles. The third-order valence-corrected chi connectivity index (χ3v) is 8.09. The lowest BCUT2D eigenvalue weighted by atomic mass is 9.81. The van der Waals surface area contributed by atoms with Gasteiger partial charge in [-0.15, -0.1) is 10.2 Å². The van der Waals surface area contributed by atoms with E-state index in [1.165, 1.54) is 16.8 Å². The van der Waals surface area contributed by atoms with Crippen LogP contribution in [-0.4, -0.2) is 54.8 Å². The van der Waals surface area contributed by atoms with Crippen molar-refractivity contribution in [3.8, 4) is 5.69 Å². The van der Waals surface area contributed by atoms with Crippen molar-refractivity contribution in [3.63, 3.8) is 0 Å². The highest BCUT2D eigenvalue weighted by Gasteiger charge is 2.35. The van der Waals surface area contributed by atoms with Crippen LogP contribution < -0.4 is 11.0 Å². The van der Waals surface area contributed by atoms with Gasteiger partial charge in [0.05, 0.1) is 16.8 Å². The number of halogens is 3. The predicted molar refractivity (Wildman–Crippen MR) is 141 cm³/mol. The first-order valence-electron chi connectivity index (χ1n) is 13.4. The number of imidazole rings is 1. The van der Waals surface area contributed by atoms with Crippen LogP contribution >= 0.6 is 0 Å². The van der Waals surface area contributed by atoms with Gasteiger partial charge in [-0.2, -0.15) is 13.2 Å². The van der Waals surface area contributed by atoms with Crippen LogP contribution in [0.2, 0.25) is 0 Å². The Morgan fingerprint density at radius 1 is 1.18 bits per heavy atom. The Hall–Kier alpha value is -3.44. The number of piperidine rings is 1. The van der Waals surface area contributed by atoms with Crippen molar-refractivity contribution in [1.82, 2.24) is 33.9 Å². The van der Waals surface area contributed by atoms with E-state index in [9.17, 15) is 18.0 Å². The first-order valence-corrected chi connectivity index (χ1v) is 13.4. The van der Waals surface area contributed by atoms with Crippen molar-refractivity contribution in [2.45, 2.75) is 38.4 Å². The lowest BCUT2D eigenvalue weighted by molar-refractivity contribution is -0.136. The van der Waals surface area contributed by atoms with Gasteiger partial charge in [0.15, 0.2) is 0 Å². The number of aromatic nitrogens is 5. The molecule has 2 saturated heterocycles. The van der Waals surface area contributed by atoms with Crippen molar-refractivity contribution >= 4 is 5.52 Å². The first-order chi connectivity index (χ1) is 18.7. The monoisotopic (exact) mass is 539 g/mol. The highest BCUT2D eigenvalue weighted by atomic mass is 19.4. The van der Waals surface area contributed by atoms with Crippen LogP contribution in [0.15, 0.2) is 53.8 Å². The highest BCUT2D eigenvalue weighted by molar-refractivity contribution is 5.58. The van der Waals surface area contributed by atoms with E-state index in [4.69, 9.17) is 0 Å². The summed E-state index contributed by atoms with van der Waals surface area (Å²) in [5.74, 6) is 1.55. The number of fused-ring (bicyclic) bond motifs is 1. The van der Waals surface area contributed by atoms with Gasteiger partial charge < -0.3 is 9.88 Å². The minimum absolute atomic E-state index is 0.0595. The third-order valence-electron chi connectivity index (χ3n) is 8.09. The van der Waals surface area contributed by atoms with Gasteiger partial charge in [-0.1, -0.05) is 19.1 Å². The molecule has 5 heterocycles. The molecule has 0 saturated carbocycles. The fraction of sp³-hybridized carbons (Fsp3) is 0.464. The number of hydrogen-bond acceptors (Lipinski definition) is 5. The van der Waals surface area contributed by atoms with Crippen molar-refractivity contribution in [3.05, 3.63) is 82.1 Å². The molecule has 6 rings (SSSR count). The number of hydrogen-bond donors (Lipinski definition) is 1. The molecule has 8 nitrogen and oxygen atoms in total. The molecule has 0 spiro atoms. The van der Waals surface area contributed by atoms with E-state index in [0.29, 0.717) is 29.6 Å². The van der Waals surface area contributed by atoms with Crippen molar-refractivity contribution in [1.29, 1.82) is 0 Å². The molecule has 4 aromatic rings. The Balaban J connectivity index is 1.42. The van der Waals surface area contributed by atoms with Gasteiger partial charge in [-0.25, -0.2) is 4.79 Å². The topological polar surface area (TPSA) is 72.4 Å². The molecular weight excluding hydrogens is 507 g/mol. The number of nitrogens with one attached hydrogen (secondary N) is 1. The van der Waals surface area contributed by atoms with Crippen LogP contribution in [0.5, 0.6) is 0 Å². The average Bonchev–Trinajstić information content (AvgIpc) is 3.43. The quantitative estimate of drug-likeness (QED) is 0.404. The molecule has 206 valence electrons. The zero-order valence-electron chi connectivity index (χ0n) is 22.0. The molecule has 3 aromatic heterocycles. The van der Waals surface area contributed by atoms with Crippen molar-refractivity contribution in [2.24, 2.45) is 18.9 Å². The second-order valence-corrected chi connectivity index (χ2v) is 11.1. The third kappa shape index (κ3) is 4.89. The van der Waals surface area contributed by atoms with Crippen LogP contribution in [0.4, 0.5) is 13.2 Å². The zero-order chi connectivity index (χ0) is 27.3. The van der Waals surface area contributed by atoms with Crippen LogP contribution in [-0.2, 0) is 19.8 Å². The Bertz CT molecular complexity index is 1550. The smallest absolute Gasteiger partial charge is 0.320 e. The minimum atomic E-state index is -4.59. The molecule has 0 unspecified atom stereocenters. The second kappa shape index (κ2) is 9.95. The molecule has 2 fully saturated rings. The Morgan fingerprint density at radius 2 is 2.00 bits per heavy atom. The summed E-state index contributed by atoms with van der Waals surface area (Å²) < 4.78 is 47.0. The number of alkyl halides is 3. The van der Waals surface area contributed by atoms with E-state index in [1.807, 2.05) is 29.8 Å². The van der Waals surface area contributed by atoms with Crippen LogP contribution in [0.1, 0.15) is 48.2 Å². The summed E-state index contributed by atoms with van der Waals surface area (Å²) >= 11 is 0. The van der Waals surface area contributed by atoms with Gasteiger partial charge in [0, 0.05) is 51.5 Å². The summed E-state index contributed by atoms with van der Waals surface area (Å²) in [5.41, 5.74) is 0.462. The van der Waals surface area contributed by atoms with E-state index in [-0.39, 0.29) is 11.4 Å². The molecule has 0 bridgehead atoms.